The Morgan fingerprint density at radius 3 is 2.74 bits per heavy atom. The predicted octanol–water partition coefficient (Wildman–Crippen LogP) is 4.75. The van der Waals surface area contributed by atoms with Gasteiger partial charge < -0.3 is 14.2 Å². The van der Waals surface area contributed by atoms with Crippen molar-refractivity contribution in [2.75, 3.05) is 6.61 Å². The zero-order valence-electron chi connectivity index (χ0n) is 18.3. The van der Waals surface area contributed by atoms with Crippen LogP contribution >= 0.6 is 23.4 Å². The maximum Gasteiger partial charge on any atom is 0.328 e. The molecule has 2 aliphatic heterocycles. The molecule has 3 amide bonds. The molecule has 5 rings (SSSR count). The number of carbonyl (C=O) groups excluding carboxylic acids is 2. The first kappa shape index (κ1) is 22.5. The molecule has 2 unspecified atom stereocenters. The quantitative estimate of drug-likeness (QED) is 0.466. The Bertz CT molecular complexity index is 1260. The highest BCUT2D eigenvalue weighted by Gasteiger charge is 2.47. The summed E-state index contributed by atoms with van der Waals surface area (Å²) in [6.07, 6.45) is 1.86. The van der Waals surface area contributed by atoms with E-state index in [1.807, 2.05) is 54.8 Å². The third-order valence-corrected chi connectivity index (χ3v) is 7.10. The Labute approximate surface area is 205 Å². The number of hydrogen-bond donors (Lipinski definition) is 0. The number of urea groups is 1. The molecule has 2 aromatic carbocycles. The average Bonchev–Trinajstić information content (AvgIpc) is 3.51. The summed E-state index contributed by atoms with van der Waals surface area (Å²) >= 11 is 7.69. The molecule has 0 saturated carbocycles. The number of rotatable bonds is 7. The molecule has 2 atom stereocenters. The van der Waals surface area contributed by atoms with E-state index < -0.39 is 17.3 Å². The molecule has 3 heterocycles. The second kappa shape index (κ2) is 9.52. The van der Waals surface area contributed by atoms with Gasteiger partial charge in [-0.1, -0.05) is 53.2 Å². The number of ether oxygens (including phenoxy) is 1. The van der Waals surface area contributed by atoms with Crippen LogP contribution in [0.4, 0.5) is 4.79 Å². The molecular formula is C24H21ClN4O4S. The summed E-state index contributed by atoms with van der Waals surface area (Å²) in [7, 11) is 0. The number of fused-ring (bicyclic) bond motifs is 1. The van der Waals surface area contributed by atoms with Gasteiger partial charge in [-0.15, -0.1) is 11.8 Å². The van der Waals surface area contributed by atoms with E-state index in [0.29, 0.717) is 34.3 Å². The number of para-hydroxylation sites is 1. The highest BCUT2D eigenvalue weighted by molar-refractivity contribution is 8.03. The van der Waals surface area contributed by atoms with E-state index in [4.69, 9.17) is 20.9 Å². The van der Waals surface area contributed by atoms with E-state index in [1.165, 1.54) is 16.7 Å². The van der Waals surface area contributed by atoms with Crippen molar-refractivity contribution >= 4 is 35.3 Å². The van der Waals surface area contributed by atoms with Crippen LogP contribution in [0.25, 0.3) is 11.4 Å². The maximum atomic E-state index is 13.4. The minimum atomic E-state index is -0.429. The van der Waals surface area contributed by atoms with Crippen LogP contribution in [-0.2, 0) is 17.9 Å². The molecular weight excluding hydrogens is 476 g/mol. The van der Waals surface area contributed by atoms with Crippen molar-refractivity contribution in [3.05, 3.63) is 76.5 Å². The number of hydrogen-bond acceptors (Lipinski definition) is 7. The molecule has 8 nitrogen and oxygen atoms in total. The summed E-state index contributed by atoms with van der Waals surface area (Å²) in [6.45, 7) is 2.57. The number of benzene rings is 2. The summed E-state index contributed by atoms with van der Waals surface area (Å²) < 4.78 is 11.1. The van der Waals surface area contributed by atoms with E-state index in [1.54, 1.807) is 17.0 Å². The van der Waals surface area contributed by atoms with Crippen molar-refractivity contribution < 1.29 is 18.8 Å². The molecule has 1 aromatic heterocycles. The SMILES string of the molecule is CCOc1ccccc1-c1noc(CN2C(=O)N(Cc3ccccc3Cl)C(=O)C3SC=CC32)n1. The number of amides is 3. The van der Waals surface area contributed by atoms with E-state index in [0.717, 1.165) is 0 Å². The summed E-state index contributed by atoms with van der Waals surface area (Å²) in [6, 6.07) is 13.8. The number of imide groups is 1. The number of nitrogens with zero attached hydrogens (tertiary/aromatic N) is 4. The fourth-order valence-electron chi connectivity index (χ4n) is 4.02. The summed E-state index contributed by atoms with van der Waals surface area (Å²) in [5, 5.41) is 6.02. The molecule has 2 aliphatic rings. The molecule has 0 aliphatic carbocycles. The van der Waals surface area contributed by atoms with Gasteiger partial charge in [0, 0.05) is 5.02 Å². The van der Waals surface area contributed by atoms with Crippen molar-refractivity contribution in [3.8, 4) is 17.1 Å². The van der Waals surface area contributed by atoms with Crippen LogP contribution in [0.5, 0.6) is 5.75 Å². The average molecular weight is 497 g/mol. The molecule has 0 spiro atoms. The van der Waals surface area contributed by atoms with Gasteiger partial charge in [-0.05, 0) is 36.1 Å². The van der Waals surface area contributed by atoms with Crippen LogP contribution in [0.15, 0.2) is 64.5 Å². The largest absolute Gasteiger partial charge is 0.493 e. The van der Waals surface area contributed by atoms with Crippen molar-refractivity contribution in [3.63, 3.8) is 0 Å². The summed E-state index contributed by atoms with van der Waals surface area (Å²) in [4.78, 5) is 33.9. The predicted molar refractivity (Wildman–Crippen MR) is 128 cm³/mol. The fourth-order valence-corrected chi connectivity index (χ4v) is 5.28. The van der Waals surface area contributed by atoms with Crippen LogP contribution in [0.1, 0.15) is 18.4 Å². The number of halogens is 1. The van der Waals surface area contributed by atoms with Gasteiger partial charge >= 0.3 is 6.03 Å². The lowest BCUT2D eigenvalue weighted by molar-refractivity contribution is -0.132. The van der Waals surface area contributed by atoms with Crippen LogP contribution in [0.3, 0.4) is 0 Å². The van der Waals surface area contributed by atoms with E-state index in [9.17, 15) is 9.59 Å². The van der Waals surface area contributed by atoms with Gasteiger partial charge in [0.25, 0.3) is 0 Å². The fraction of sp³-hybridized carbons (Fsp3) is 0.250. The molecule has 34 heavy (non-hydrogen) atoms. The van der Waals surface area contributed by atoms with E-state index in [2.05, 4.69) is 10.1 Å². The lowest BCUT2D eigenvalue weighted by Gasteiger charge is -2.40. The van der Waals surface area contributed by atoms with E-state index >= 15 is 0 Å². The Balaban J connectivity index is 1.41. The number of aromatic nitrogens is 2. The van der Waals surface area contributed by atoms with E-state index in [-0.39, 0.29) is 24.9 Å². The topological polar surface area (TPSA) is 88.8 Å². The molecule has 1 saturated heterocycles. The van der Waals surface area contributed by atoms with Crippen molar-refractivity contribution in [1.29, 1.82) is 0 Å². The molecule has 1 fully saturated rings. The molecule has 174 valence electrons. The minimum Gasteiger partial charge on any atom is -0.493 e. The smallest absolute Gasteiger partial charge is 0.328 e. The second-order valence-electron chi connectivity index (χ2n) is 7.74. The Morgan fingerprint density at radius 2 is 1.91 bits per heavy atom. The molecule has 0 bridgehead atoms. The van der Waals surface area contributed by atoms with Crippen LogP contribution in [0, 0.1) is 0 Å². The number of thioether (sulfide) groups is 1. The molecule has 0 N–H and O–H groups in total. The normalized spacial score (nSPS) is 19.6. The Kier molecular flexibility index (Phi) is 6.30. The van der Waals surface area contributed by atoms with Gasteiger partial charge in [-0.3, -0.25) is 9.69 Å². The first-order valence-corrected chi connectivity index (χ1v) is 12.1. The third-order valence-electron chi connectivity index (χ3n) is 5.64. The Morgan fingerprint density at radius 1 is 1.12 bits per heavy atom. The van der Waals surface area contributed by atoms with Gasteiger partial charge in [0.15, 0.2) is 0 Å². The van der Waals surface area contributed by atoms with Gasteiger partial charge in [0.05, 0.1) is 24.8 Å². The van der Waals surface area contributed by atoms with Crippen molar-refractivity contribution in [2.45, 2.75) is 31.3 Å². The zero-order chi connectivity index (χ0) is 23.7. The Hall–Kier alpha value is -3.30. The van der Waals surface area contributed by atoms with Crippen LogP contribution in [0.2, 0.25) is 5.02 Å². The van der Waals surface area contributed by atoms with Crippen molar-refractivity contribution in [2.24, 2.45) is 0 Å². The van der Waals surface area contributed by atoms with Gasteiger partial charge in [0.2, 0.25) is 17.6 Å². The van der Waals surface area contributed by atoms with Gasteiger partial charge in [-0.25, -0.2) is 4.79 Å². The molecule has 10 heteroatoms. The first-order chi connectivity index (χ1) is 16.6. The van der Waals surface area contributed by atoms with Gasteiger partial charge in [0.1, 0.15) is 17.5 Å². The number of carbonyl (C=O) groups is 2. The highest BCUT2D eigenvalue weighted by Crippen LogP contribution is 2.36. The summed E-state index contributed by atoms with van der Waals surface area (Å²) in [5.74, 6) is 1.06. The van der Waals surface area contributed by atoms with Crippen LogP contribution in [-0.4, -0.2) is 49.8 Å². The lowest BCUT2D eigenvalue weighted by atomic mass is 10.1. The lowest BCUT2D eigenvalue weighted by Crippen LogP contribution is -2.61. The third kappa shape index (κ3) is 4.17. The van der Waals surface area contributed by atoms with Crippen LogP contribution < -0.4 is 4.74 Å². The minimum absolute atomic E-state index is 0.0704. The standard InChI is InChI=1S/C24H21ClN4O4S/c1-2-32-19-10-6-4-8-16(19)22-26-20(33-27-22)14-28-18-11-12-34-21(18)23(30)29(24(28)31)13-15-7-3-5-9-17(15)25/h3-12,18,21H,2,13-14H2,1H3. The monoisotopic (exact) mass is 496 g/mol. The summed E-state index contributed by atoms with van der Waals surface area (Å²) in [5.41, 5.74) is 1.40. The zero-order valence-corrected chi connectivity index (χ0v) is 19.8. The maximum absolute atomic E-state index is 13.4. The second-order valence-corrected chi connectivity index (χ2v) is 9.20. The highest BCUT2D eigenvalue weighted by atomic mass is 35.5. The molecule has 0 radical (unpaired) electrons. The van der Waals surface area contributed by atoms with Gasteiger partial charge in [-0.2, -0.15) is 4.98 Å². The molecule has 3 aromatic rings. The first-order valence-electron chi connectivity index (χ1n) is 10.8. The van der Waals surface area contributed by atoms with Crippen molar-refractivity contribution in [1.82, 2.24) is 19.9 Å².